The fraction of sp³-hybridized carbons (Fsp3) is 0.550. The van der Waals surface area contributed by atoms with E-state index in [0.29, 0.717) is 43.6 Å². The minimum absolute atomic E-state index is 0.0844. The molecule has 1 unspecified atom stereocenters. The number of benzene rings is 1. The summed E-state index contributed by atoms with van der Waals surface area (Å²) in [4.78, 5) is 35.3. The maximum Gasteiger partial charge on any atom is 0.319 e. The zero-order valence-electron chi connectivity index (χ0n) is 15.8. The Morgan fingerprint density at radius 3 is 2.11 bits per heavy atom. The lowest BCUT2D eigenvalue weighted by Crippen LogP contribution is -2.35. The molecule has 1 heterocycles. The van der Waals surface area contributed by atoms with Gasteiger partial charge in [0.1, 0.15) is 0 Å². The van der Waals surface area contributed by atoms with Gasteiger partial charge in [0.15, 0.2) is 0 Å². The van der Waals surface area contributed by atoms with Gasteiger partial charge in [-0.05, 0) is 62.8 Å². The van der Waals surface area contributed by atoms with Crippen molar-refractivity contribution in [2.24, 2.45) is 11.8 Å². The molecular formula is C20H27N3O5. The molecule has 28 heavy (non-hydrogen) atoms. The molecule has 3 rings (SSSR count). The third-order valence-electron chi connectivity index (χ3n) is 5.37. The zero-order valence-corrected chi connectivity index (χ0v) is 15.8. The van der Waals surface area contributed by atoms with E-state index in [1.807, 2.05) is 0 Å². The van der Waals surface area contributed by atoms with Crippen LogP contribution in [0.5, 0.6) is 0 Å². The van der Waals surface area contributed by atoms with Gasteiger partial charge in [-0.3, -0.25) is 9.59 Å². The summed E-state index contributed by atoms with van der Waals surface area (Å²) in [5.74, 6) is -1.35. The van der Waals surface area contributed by atoms with Gasteiger partial charge in [0.05, 0.1) is 12.0 Å². The van der Waals surface area contributed by atoms with Gasteiger partial charge in [0, 0.05) is 30.4 Å². The highest BCUT2D eigenvalue weighted by molar-refractivity contribution is 5.93. The largest absolute Gasteiger partial charge is 0.481 e. The molecule has 2 aliphatic rings. The molecule has 1 aliphatic heterocycles. The van der Waals surface area contributed by atoms with Gasteiger partial charge in [-0.15, -0.1) is 0 Å². The number of carbonyl (C=O) groups is 3. The van der Waals surface area contributed by atoms with Crippen LogP contribution in [0, 0.1) is 11.8 Å². The topological polar surface area (TPSA) is 117 Å². The number of carboxylic acids is 1. The van der Waals surface area contributed by atoms with Gasteiger partial charge in [0.2, 0.25) is 5.91 Å². The molecule has 0 bridgehead atoms. The van der Waals surface area contributed by atoms with E-state index in [9.17, 15) is 14.4 Å². The lowest BCUT2D eigenvalue weighted by Gasteiger charge is -2.25. The maximum absolute atomic E-state index is 12.4. The van der Waals surface area contributed by atoms with Crippen LogP contribution in [0.4, 0.5) is 16.2 Å². The predicted molar refractivity (Wildman–Crippen MR) is 104 cm³/mol. The highest BCUT2D eigenvalue weighted by atomic mass is 16.5. The van der Waals surface area contributed by atoms with Crippen molar-refractivity contribution in [3.05, 3.63) is 24.3 Å². The zero-order chi connectivity index (χ0) is 19.9. The molecule has 8 heteroatoms. The Bertz CT molecular complexity index is 692. The Morgan fingerprint density at radius 1 is 0.929 bits per heavy atom. The molecular weight excluding hydrogens is 362 g/mol. The summed E-state index contributed by atoms with van der Waals surface area (Å²) < 4.78 is 5.46. The first kappa shape index (κ1) is 20.1. The Balaban J connectivity index is 1.41. The van der Waals surface area contributed by atoms with Crippen LogP contribution < -0.4 is 16.0 Å². The second-order valence-electron chi connectivity index (χ2n) is 7.42. The number of ether oxygens (including phenoxy) is 1. The lowest BCUT2D eigenvalue weighted by atomic mass is 9.81. The van der Waals surface area contributed by atoms with E-state index in [1.54, 1.807) is 24.3 Å². The molecule has 4 N–H and O–H groups in total. The van der Waals surface area contributed by atoms with E-state index in [1.165, 1.54) is 0 Å². The molecule has 1 saturated heterocycles. The quantitative estimate of drug-likeness (QED) is 0.597. The van der Waals surface area contributed by atoms with E-state index in [0.717, 1.165) is 19.4 Å². The first-order valence-corrected chi connectivity index (χ1v) is 9.81. The molecule has 3 amide bonds. The number of aliphatic carboxylic acids is 1. The van der Waals surface area contributed by atoms with E-state index in [4.69, 9.17) is 9.84 Å². The smallest absolute Gasteiger partial charge is 0.319 e. The van der Waals surface area contributed by atoms with Crippen molar-refractivity contribution in [2.45, 2.75) is 44.6 Å². The van der Waals surface area contributed by atoms with Crippen LogP contribution in [-0.4, -0.2) is 42.3 Å². The maximum atomic E-state index is 12.4. The molecule has 8 nitrogen and oxygen atoms in total. The fourth-order valence-corrected chi connectivity index (χ4v) is 3.67. The molecule has 1 atom stereocenters. The van der Waals surface area contributed by atoms with Crippen LogP contribution >= 0.6 is 0 Å². The third kappa shape index (κ3) is 5.69. The fourth-order valence-electron chi connectivity index (χ4n) is 3.67. The molecule has 0 spiro atoms. The summed E-state index contributed by atoms with van der Waals surface area (Å²) in [6, 6.07) is 6.63. The van der Waals surface area contributed by atoms with Crippen LogP contribution in [0.1, 0.15) is 38.5 Å². The summed E-state index contributed by atoms with van der Waals surface area (Å²) in [5, 5.41) is 17.4. The molecule has 1 aliphatic carbocycles. The number of hydrogen-bond acceptors (Lipinski definition) is 4. The average Bonchev–Trinajstić information content (AvgIpc) is 3.21. The molecule has 1 aromatic carbocycles. The molecule has 1 aromatic rings. The number of urea groups is 1. The van der Waals surface area contributed by atoms with Crippen molar-refractivity contribution in [3.8, 4) is 0 Å². The molecule has 2 fully saturated rings. The van der Waals surface area contributed by atoms with E-state index in [2.05, 4.69) is 16.0 Å². The first-order valence-electron chi connectivity index (χ1n) is 9.81. The van der Waals surface area contributed by atoms with Crippen molar-refractivity contribution in [3.63, 3.8) is 0 Å². The van der Waals surface area contributed by atoms with E-state index >= 15 is 0 Å². The van der Waals surface area contributed by atoms with Gasteiger partial charge in [-0.1, -0.05) is 0 Å². The first-order chi connectivity index (χ1) is 13.5. The summed E-state index contributed by atoms with van der Waals surface area (Å²) >= 11 is 0. The highest BCUT2D eigenvalue weighted by Gasteiger charge is 2.29. The van der Waals surface area contributed by atoms with Gasteiger partial charge in [-0.25, -0.2) is 4.79 Å². The van der Waals surface area contributed by atoms with Gasteiger partial charge in [0.25, 0.3) is 0 Å². The second kappa shape index (κ2) is 9.54. The number of rotatable bonds is 6. The Kier molecular flexibility index (Phi) is 6.86. The number of anilines is 2. The monoisotopic (exact) mass is 389 g/mol. The van der Waals surface area contributed by atoms with Crippen molar-refractivity contribution >= 4 is 29.3 Å². The minimum atomic E-state index is -0.776. The van der Waals surface area contributed by atoms with Crippen LogP contribution in [0.15, 0.2) is 24.3 Å². The van der Waals surface area contributed by atoms with Crippen LogP contribution in [0.3, 0.4) is 0 Å². The van der Waals surface area contributed by atoms with Crippen molar-refractivity contribution in [2.75, 3.05) is 23.8 Å². The van der Waals surface area contributed by atoms with Gasteiger partial charge in [-0.2, -0.15) is 0 Å². The van der Waals surface area contributed by atoms with Crippen molar-refractivity contribution in [1.82, 2.24) is 5.32 Å². The minimum Gasteiger partial charge on any atom is -0.481 e. The number of hydrogen-bond donors (Lipinski definition) is 4. The van der Waals surface area contributed by atoms with Gasteiger partial charge < -0.3 is 25.8 Å². The highest BCUT2D eigenvalue weighted by Crippen LogP contribution is 2.30. The second-order valence-corrected chi connectivity index (χ2v) is 7.42. The molecule has 152 valence electrons. The lowest BCUT2D eigenvalue weighted by molar-refractivity contribution is -0.143. The SMILES string of the molecule is O=C(NCC1CCCO1)Nc1ccc(NC(=O)C2CCC(C(=O)O)CC2)cc1. The average molecular weight is 389 g/mol. The van der Waals surface area contributed by atoms with Crippen molar-refractivity contribution in [1.29, 1.82) is 0 Å². The van der Waals surface area contributed by atoms with E-state index in [-0.39, 0.29) is 29.9 Å². The summed E-state index contributed by atoms with van der Waals surface area (Å²) in [5.41, 5.74) is 1.28. The number of carbonyl (C=O) groups excluding carboxylic acids is 2. The normalized spacial score (nSPS) is 24.4. The predicted octanol–water partition coefficient (Wildman–Crippen LogP) is 2.82. The van der Waals surface area contributed by atoms with Crippen LogP contribution in [-0.2, 0) is 14.3 Å². The van der Waals surface area contributed by atoms with Crippen molar-refractivity contribution < 1.29 is 24.2 Å². The van der Waals surface area contributed by atoms with Crippen LogP contribution in [0.2, 0.25) is 0 Å². The molecule has 1 saturated carbocycles. The standard InChI is InChI=1S/C20H27N3O5/c24-18(13-3-5-14(6-4-13)19(25)26)22-15-7-9-16(10-8-15)23-20(27)21-12-17-2-1-11-28-17/h7-10,13-14,17H,1-6,11-12H2,(H,22,24)(H,25,26)(H2,21,23,27). The summed E-state index contributed by atoms with van der Waals surface area (Å²) in [7, 11) is 0. The summed E-state index contributed by atoms with van der Waals surface area (Å²) in [6.45, 7) is 1.24. The third-order valence-corrected chi connectivity index (χ3v) is 5.37. The number of nitrogens with one attached hydrogen (secondary N) is 3. The Morgan fingerprint density at radius 2 is 1.54 bits per heavy atom. The summed E-state index contributed by atoms with van der Waals surface area (Å²) in [6.07, 6.45) is 4.35. The number of amides is 3. The van der Waals surface area contributed by atoms with E-state index < -0.39 is 5.97 Å². The Hall–Kier alpha value is -2.61. The molecule has 0 radical (unpaired) electrons. The Labute approximate surface area is 164 Å². The van der Waals surface area contributed by atoms with Crippen LogP contribution in [0.25, 0.3) is 0 Å². The number of carboxylic acid groups (broad SMARTS) is 1. The van der Waals surface area contributed by atoms with Gasteiger partial charge >= 0.3 is 12.0 Å². The molecule has 0 aromatic heterocycles.